The number of Topliss-reactive ketones (excluding diaryl/α,β-unsaturated/α-hetero) is 1. The summed E-state index contributed by atoms with van der Waals surface area (Å²) in [7, 11) is 0. The molecule has 2 atom stereocenters. The van der Waals surface area contributed by atoms with Gasteiger partial charge < -0.3 is 0 Å². The Labute approximate surface area is 67.5 Å². The lowest BCUT2D eigenvalue weighted by molar-refractivity contribution is -0.121. The van der Waals surface area contributed by atoms with Gasteiger partial charge in [-0.2, -0.15) is 0 Å². The lowest BCUT2D eigenvalue weighted by Crippen LogP contribution is -2.07. The zero-order chi connectivity index (χ0) is 8.01. The Morgan fingerprint density at radius 3 is 2.36 bits per heavy atom. The Hall–Kier alpha value is -0.590. The minimum Gasteiger partial charge on any atom is -0.299 e. The Morgan fingerprint density at radius 2 is 2.09 bits per heavy atom. The van der Waals surface area contributed by atoms with Gasteiger partial charge in [-0.05, 0) is 32.6 Å². The van der Waals surface area contributed by atoms with Crippen molar-refractivity contribution in [2.24, 2.45) is 11.8 Å². The second-order valence-corrected chi connectivity index (χ2v) is 3.95. The van der Waals surface area contributed by atoms with Gasteiger partial charge in [0.1, 0.15) is 5.78 Å². The highest BCUT2D eigenvalue weighted by Crippen LogP contribution is 2.47. The van der Waals surface area contributed by atoms with E-state index in [2.05, 4.69) is 13.8 Å². The highest BCUT2D eigenvalue weighted by molar-refractivity contribution is 5.89. The predicted molar refractivity (Wildman–Crippen MR) is 44.2 cm³/mol. The summed E-state index contributed by atoms with van der Waals surface area (Å²) >= 11 is 0. The quantitative estimate of drug-likeness (QED) is 0.484. The third-order valence-electron chi connectivity index (χ3n) is 3.03. The molecule has 0 aromatic rings. The smallest absolute Gasteiger partial charge is 0.140 e. The lowest BCUT2D eigenvalue weighted by atomic mass is 10.00. The summed E-state index contributed by atoms with van der Waals surface area (Å²) in [5.74, 6) is 1.47. The molecule has 0 amide bonds. The number of fused-ring (bicyclic) bond motifs is 2. The monoisotopic (exact) mass is 150 g/mol. The van der Waals surface area contributed by atoms with E-state index in [-0.39, 0.29) is 0 Å². The first kappa shape index (κ1) is 7.08. The first-order valence-electron chi connectivity index (χ1n) is 4.40. The van der Waals surface area contributed by atoms with Crippen LogP contribution in [0.1, 0.15) is 33.1 Å². The average Bonchev–Trinajstić information content (AvgIpc) is 2.41. The van der Waals surface area contributed by atoms with Crippen LogP contribution in [0.5, 0.6) is 0 Å². The number of hydrogen-bond acceptors (Lipinski definition) is 1. The fourth-order valence-corrected chi connectivity index (χ4v) is 2.65. The number of allylic oxidation sites excluding steroid dienone is 2. The van der Waals surface area contributed by atoms with E-state index < -0.39 is 0 Å². The van der Waals surface area contributed by atoms with Crippen molar-refractivity contribution < 1.29 is 4.79 Å². The fraction of sp³-hybridized carbons (Fsp3) is 0.700. The Balaban J connectivity index is 2.40. The normalized spacial score (nSPS) is 35.1. The van der Waals surface area contributed by atoms with Crippen molar-refractivity contribution in [3.63, 3.8) is 0 Å². The van der Waals surface area contributed by atoms with Gasteiger partial charge in [0.15, 0.2) is 0 Å². The molecule has 2 rings (SSSR count). The molecule has 0 saturated heterocycles. The lowest BCUT2D eigenvalue weighted by Gasteiger charge is -2.03. The van der Waals surface area contributed by atoms with Crippen LogP contribution in [0.2, 0.25) is 0 Å². The second kappa shape index (κ2) is 2.20. The summed E-state index contributed by atoms with van der Waals surface area (Å²) in [6, 6.07) is 0. The van der Waals surface area contributed by atoms with Gasteiger partial charge in [0.25, 0.3) is 0 Å². The van der Waals surface area contributed by atoms with E-state index in [1.807, 2.05) is 0 Å². The molecule has 1 nitrogen and oxygen atoms in total. The number of rotatable bonds is 0. The van der Waals surface area contributed by atoms with Crippen LogP contribution in [0.3, 0.4) is 0 Å². The van der Waals surface area contributed by atoms with Crippen molar-refractivity contribution in [1.82, 2.24) is 0 Å². The Bertz CT molecular complexity index is 233. The zero-order valence-corrected chi connectivity index (χ0v) is 7.18. The molecule has 0 aliphatic heterocycles. The largest absolute Gasteiger partial charge is 0.299 e. The molecule has 0 aromatic carbocycles. The second-order valence-electron chi connectivity index (χ2n) is 3.95. The van der Waals surface area contributed by atoms with E-state index in [9.17, 15) is 4.79 Å². The Kier molecular flexibility index (Phi) is 1.41. The van der Waals surface area contributed by atoms with Gasteiger partial charge in [0.2, 0.25) is 0 Å². The van der Waals surface area contributed by atoms with Crippen LogP contribution in [0.15, 0.2) is 11.1 Å². The predicted octanol–water partition coefficient (Wildman–Crippen LogP) is 2.32. The van der Waals surface area contributed by atoms with Crippen molar-refractivity contribution in [2.75, 3.05) is 0 Å². The highest BCUT2D eigenvalue weighted by atomic mass is 16.1. The third-order valence-corrected chi connectivity index (χ3v) is 3.03. The van der Waals surface area contributed by atoms with Gasteiger partial charge >= 0.3 is 0 Å². The SMILES string of the molecule is CC(C)=C1[C@H]2CC[C@@H]1C(=O)C2. The summed E-state index contributed by atoms with van der Waals surface area (Å²) in [5.41, 5.74) is 2.87. The molecule has 2 saturated carbocycles. The number of hydrogen-bond donors (Lipinski definition) is 0. The van der Waals surface area contributed by atoms with Gasteiger partial charge in [-0.3, -0.25) is 4.79 Å². The molecule has 0 N–H and O–H groups in total. The summed E-state index contributed by atoms with van der Waals surface area (Å²) in [5, 5.41) is 0. The molecule has 0 radical (unpaired) electrons. The van der Waals surface area contributed by atoms with E-state index in [0.717, 1.165) is 12.8 Å². The van der Waals surface area contributed by atoms with Crippen LogP contribution in [0.4, 0.5) is 0 Å². The molecule has 1 heteroatoms. The number of carbonyl (C=O) groups is 1. The molecular formula is C10H14O. The van der Waals surface area contributed by atoms with Gasteiger partial charge in [0, 0.05) is 12.3 Å². The van der Waals surface area contributed by atoms with Gasteiger partial charge in [-0.15, -0.1) is 0 Å². The molecule has 0 spiro atoms. The van der Waals surface area contributed by atoms with E-state index in [1.165, 1.54) is 17.6 Å². The summed E-state index contributed by atoms with van der Waals surface area (Å²) in [6.07, 6.45) is 3.23. The van der Waals surface area contributed by atoms with Crippen LogP contribution in [0, 0.1) is 11.8 Å². The van der Waals surface area contributed by atoms with E-state index in [1.54, 1.807) is 0 Å². The first-order chi connectivity index (χ1) is 5.20. The molecule has 0 heterocycles. The minimum absolute atomic E-state index is 0.338. The van der Waals surface area contributed by atoms with Gasteiger partial charge in [-0.1, -0.05) is 11.1 Å². The average molecular weight is 150 g/mol. The van der Waals surface area contributed by atoms with E-state index >= 15 is 0 Å². The van der Waals surface area contributed by atoms with Crippen molar-refractivity contribution in [3.8, 4) is 0 Å². The summed E-state index contributed by atoms with van der Waals surface area (Å²) < 4.78 is 0. The highest BCUT2D eigenvalue weighted by Gasteiger charge is 2.43. The van der Waals surface area contributed by atoms with Crippen LogP contribution in [0.25, 0.3) is 0 Å². The van der Waals surface area contributed by atoms with Crippen LogP contribution >= 0.6 is 0 Å². The van der Waals surface area contributed by atoms with Crippen molar-refractivity contribution >= 4 is 5.78 Å². The number of ketones is 1. The van der Waals surface area contributed by atoms with E-state index in [0.29, 0.717) is 17.6 Å². The molecule has 0 aromatic heterocycles. The third kappa shape index (κ3) is 0.867. The van der Waals surface area contributed by atoms with Crippen molar-refractivity contribution in [1.29, 1.82) is 0 Å². The maximum atomic E-state index is 11.3. The molecule has 2 fully saturated rings. The fourth-order valence-electron chi connectivity index (χ4n) is 2.65. The van der Waals surface area contributed by atoms with Gasteiger partial charge in [0.05, 0.1) is 0 Å². The zero-order valence-electron chi connectivity index (χ0n) is 7.18. The maximum Gasteiger partial charge on any atom is 0.140 e. The molecule has 2 aliphatic rings. The molecule has 60 valence electrons. The van der Waals surface area contributed by atoms with Crippen molar-refractivity contribution in [3.05, 3.63) is 11.1 Å². The van der Waals surface area contributed by atoms with Crippen molar-refractivity contribution in [2.45, 2.75) is 33.1 Å². The Morgan fingerprint density at radius 1 is 1.36 bits per heavy atom. The molecule has 0 unspecified atom stereocenters. The maximum absolute atomic E-state index is 11.3. The first-order valence-corrected chi connectivity index (χ1v) is 4.40. The molecular weight excluding hydrogens is 136 g/mol. The summed E-state index contributed by atoms with van der Waals surface area (Å²) in [4.78, 5) is 11.3. The standard InChI is InChI=1S/C10H14O/c1-6(2)10-7-3-4-8(10)9(11)5-7/h7-8H,3-5H2,1-2H3/t7-,8+/m0/s1. The number of carbonyl (C=O) groups excluding carboxylic acids is 1. The minimum atomic E-state index is 0.338. The van der Waals surface area contributed by atoms with Crippen LogP contribution in [-0.4, -0.2) is 5.78 Å². The molecule has 2 bridgehead atoms. The molecule has 2 aliphatic carbocycles. The topological polar surface area (TPSA) is 17.1 Å². The molecule has 11 heavy (non-hydrogen) atoms. The summed E-state index contributed by atoms with van der Waals surface area (Å²) in [6.45, 7) is 4.28. The van der Waals surface area contributed by atoms with Gasteiger partial charge in [-0.25, -0.2) is 0 Å². The van der Waals surface area contributed by atoms with Crippen LogP contribution < -0.4 is 0 Å². The van der Waals surface area contributed by atoms with Crippen LogP contribution in [-0.2, 0) is 4.79 Å². The van der Waals surface area contributed by atoms with E-state index in [4.69, 9.17) is 0 Å².